The van der Waals surface area contributed by atoms with E-state index in [1.54, 1.807) is 0 Å². The second-order valence-corrected chi connectivity index (χ2v) is 5.54. The highest BCUT2D eigenvalue weighted by atomic mass is 32.2. The van der Waals surface area contributed by atoms with Gasteiger partial charge in [0.2, 0.25) is 0 Å². The van der Waals surface area contributed by atoms with Crippen molar-refractivity contribution in [1.29, 1.82) is 0 Å². The zero-order valence-electron chi connectivity index (χ0n) is 9.85. The van der Waals surface area contributed by atoms with Crippen molar-refractivity contribution in [3.63, 3.8) is 0 Å². The fraction of sp³-hybridized carbons (Fsp3) is 0.778. The first kappa shape index (κ1) is 15.1. The normalized spacial score (nSPS) is 16.7. The van der Waals surface area contributed by atoms with Crippen LogP contribution in [-0.4, -0.2) is 50.6 Å². The van der Waals surface area contributed by atoms with Crippen LogP contribution >= 0.6 is 0 Å². The van der Waals surface area contributed by atoms with Gasteiger partial charge in [-0.05, 0) is 12.8 Å². The zero-order chi connectivity index (χ0) is 13.8. The molecule has 0 aromatic carbocycles. The standard InChI is InChI=1S/C9H15F3N2O3S/c1-13-5-6-14(8-13)4-2-3-7-17-18(15,16)9(10,11)12/h5-6H,2-4,7-8H2,1H3. The van der Waals surface area contributed by atoms with Gasteiger partial charge >= 0.3 is 15.6 Å². The Morgan fingerprint density at radius 2 is 1.94 bits per heavy atom. The smallest absolute Gasteiger partial charge is 0.362 e. The van der Waals surface area contributed by atoms with Crippen LogP contribution in [-0.2, 0) is 14.3 Å². The summed E-state index contributed by atoms with van der Waals surface area (Å²) in [7, 11) is -3.54. The van der Waals surface area contributed by atoms with Crippen LogP contribution in [0.1, 0.15) is 12.8 Å². The molecule has 0 saturated heterocycles. The second-order valence-electron chi connectivity index (χ2n) is 3.94. The maximum atomic E-state index is 11.9. The summed E-state index contributed by atoms with van der Waals surface area (Å²) >= 11 is 0. The van der Waals surface area contributed by atoms with Gasteiger partial charge in [-0.15, -0.1) is 0 Å². The minimum atomic E-state index is -5.44. The lowest BCUT2D eigenvalue weighted by molar-refractivity contribution is -0.0543. The Balaban J connectivity index is 2.15. The SMILES string of the molecule is CN1C=CN(CCCCOS(=O)(=O)C(F)(F)F)C1. The van der Waals surface area contributed by atoms with Gasteiger partial charge in [0, 0.05) is 26.0 Å². The molecule has 0 bridgehead atoms. The molecule has 0 radical (unpaired) electrons. The Kier molecular flexibility index (Phi) is 4.85. The van der Waals surface area contributed by atoms with E-state index in [-0.39, 0.29) is 6.42 Å². The number of nitrogens with zero attached hydrogens (tertiary/aromatic N) is 2. The van der Waals surface area contributed by atoms with Crippen molar-refractivity contribution in [3.05, 3.63) is 12.4 Å². The summed E-state index contributed by atoms with van der Waals surface area (Å²) in [4.78, 5) is 3.92. The highest BCUT2D eigenvalue weighted by Gasteiger charge is 2.47. The summed E-state index contributed by atoms with van der Waals surface area (Å²) in [5, 5.41) is 0. The minimum absolute atomic E-state index is 0.253. The lowest BCUT2D eigenvalue weighted by Crippen LogP contribution is -2.26. The molecule has 0 aromatic heterocycles. The van der Waals surface area contributed by atoms with Gasteiger partial charge in [0.25, 0.3) is 0 Å². The van der Waals surface area contributed by atoms with E-state index >= 15 is 0 Å². The third-order valence-electron chi connectivity index (χ3n) is 2.30. The van der Waals surface area contributed by atoms with Crippen molar-refractivity contribution >= 4 is 10.1 Å². The van der Waals surface area contributed by atoms with Crippen LogP contribution in [0.15, 0.2) is 12.4 Å². The lowest BCUT2D eigenvalue weighted by Gasteiger charge is -2.17. The van der Waals surface area contributed by atoms with Gasteiger partial charge in [0.15, 0.2) is 0 Å². The topological polar surface area (TPSA) is 49.9 Å². The molecule has 9 heteroatoms. The first-order valence-corrected chi connectivity index (χ1v) is 6.71. The van der Waals surface area contributed by atoms with Crippen LogP contribution in [0.2, 0.25) is 0 Å². The van der Waals surface area contributed by atoms with E-state index in [0.29, 0.717) is 13.0 Å². The van der Waals surface area contributed by atoms with E-state index < -0.39 is 22.2 Å². The molecule has 0 fully saturated rings. The summed E-state index contributed by atoms with van der Waals surface area (Å²) in [6, 6.07) is 0. The maximum absolute atomic E-state index is 11.9. The van der Waals surface area contributed by atoms with Crippen LogP contribution in [0.5, 0.6) is 0 Å². The molecule has 0 atom stereocenters. The molecular weight excluding hydrogens is 273 g/mol. The third kappa shape index (κ3) is 4.37. The van der Waals surface area contributed by atoms with Gasteiger partial charge in [0.1, 0.15) is 0 Å². The van der Waals surface area contributed by atoms with Gasteiger partial charge in [0.05, 0.1) is 13.3 Å². The van der Waals surface area contributed by atoms with Crippen LogP contribution in [0, 0.1) is 0 Å². The molecule has 106 valence electrons. The van der Waals surface area contributed by atoms with Gasteiger partial charge in [-0.3, -0.25) is 4.18 Å². The number of hydrogen-bond acceptors (Lipinski definition) is 5. The summed E-state index contributed by atoms with van der Waals surface area (Å²) < 4.78 is 60.6. The largest absolute Gasteiger partial charge is 0.523 e. The Morgan fingerprint density at radius 1 is 1.28 bits per heavy atom. The highest BCUT2D eigenvalue weighted by Crippen LogP contribution is 2.24. The molecule has 0 spiro atoms. The van der Waals surface area contributed by atoms with Crippen LogP contribution in [0.4, 0.5) is 13.2 Å². The predicted molar refractivity (Wildman–Crippen MR) is 58.6 cm³/mol. The summed E-state index contributed by atoms with van der Waals surface area (Å²) in [5.41, 5.74) is -5.34. The van der Waals surface area contributed by atoms with E-state index in [1.165, 1.54) is 0 Å². The molecular formula is C9H15F3N2O3S. The van der Waals surface area contributed by atoms with Gasteiger partial charge in [-0.2, -0.15) is 21.6 Å². The van der Waals surface area contributed by atoms with Crippen molar-refractivity contribution in [1.82, 2.24) is 9.80 Å². The fourth-order valence-corrected chi connectivity index (χ4v) is 1.86. The van der Waals surface area contributed by atoms with Crippen LogP contribution in [0.25, 0.3) is 0 Å². The Labute approximate surface area is 104 Å². The summed E-state index contributed by atoms with van der Waals surface area (Å²) in [6.07, 6.45) is 4.56. The lowest BCUT2D eigenvalue weighted by atomic mass is 10.3. The molecule has 1 aliphatic rings. The summed E-state index contributed by atoms with van der Waals surface area (Å²) in [5.74, 6) is 0. The predicted octanol–water partition coefficient (Wildman–Crippen LogP) is 1.31. The molecule has 0 saturated carbocycles. The van der Waals surface area contributed by atoms with Crippen molar-refractivity contribution in [3.8, 4) is 0 Å². The molecule has 1 heterocycles. The van der Waals surface area contributed by atoms with Gasteiger partial charge in [-0.1, -0.05) is 0 Å². The zero-order valence-corrected chi connectivity index (χ0v) is 10.7. The molecule has 0 unspecified atom stereocenters. The van der Waals surface area contributed by atoms with E-state index in [2.05, 4.69) is 4.18 Å². The molecule has 5 nitrogen and oxygen atoms in total. The van der Waals surface area contributed by atoms with Crippen molar-refractivity contribution in [2.45, 2.75) is 18.3 Å². The van der Waals surface area contributed by atoms with E-state index in [4.69, 9.17) is 0 Å². The number of alkyl halides is 3. The minimum Gasteiger partial charge on any atom is -0.362 e. The third-order valence-corrected chi connectivity index (χ3v) is 3.34. The molecule has 0 aromatic rings. The molecule has 1 aliphatic heterocycles. The van der Waals surface area contributed by atoms with E-state index in [9.17, 15) is 21.6 Å². The number of hydrogen-bond donors (Lipinski definition) is 0. The second kappa shape index (κ2) is 5.79. The Morgan fingerprint density at radius 3 is 2.44 bits per heavy atom. The maximum Gasteiger partial charge on any atom is 0.523 e. The van der Waals surface area contributed by atoms with Gasteiger partial charge in [-0.25, -0.2) is 0 Å². The fourth-order valence-electron chi connectivity index (χ4n) is 1.39. The quantitative estimate of drug-likeness (QED) is 0.419. The van der Waals surface area contributed by atoms with Crippen LogP contribution in [0.3, 0.4) is 0 Å². The van der Waals surface area contributed by atoms with Crippen molar-refractivity contribution in [2.75, 3.05) is 26.9 Å². The Bertz CT molecular complexity index is 394. The molecule has 18 heavy (non-hydrogen) atoms. The van der Waals surface area contributed by atoms with Crippen LogP contribution < -0.4 is 0 Å². The van der Waals surface area contributed by atoms with Gasteiger partial charge < -0.3 is 9.80 Å². The van der Waals surface area contributed by atoms with Crippen molar-refractivity contribution < 1.29 is 25.8 Å². The Hall–Kier alpha value is -0.960. The van der Waals surface area contributed by atoms with E-state index in [0.717, 1.165) is 6.67 Å². The molecule has 0 aliphatic carbocycles. The first-order chi connectivity index (χ1) is 8.22. The molecule has 0 N–H and O–H groups in total. The highest BCUT2D eigenvalue weighted by molar-refractivity contribution is 7.87. The van der Waals surface area contributed by atoms with E-state index in [1.807, 2.05) is 29.2 Å². The average Bonchev–Trinajstić information content (AvgIpc) is 2.62. The first-order valence-electron chi connectivity index (χ1n) is 5.31. The average molecular weight is 288 g/mol. The monoisotopic (exact) mass is 288 g/mol. The number of unbranched alkanes of at least 4 members (excludes halogenated alkanes) is 1. The summed E-state index contributed by atoms with van der Waals surface area (Å²) in [6.45, 7) is 0.924. The van der Waals surface area contributed by atoms with Crippen molar-refractivity contribution in [2.24, 2.45) is 0 Å². The number of rotatable bonds is 6. The number of halogens is 3. The molecule has 0 amide bonds. The molecule has 1 rings (SSSR count).